The van der Waals surface area contributed by atoms with Gasteiger partial charge >= 0.3 is 17.1 Å². The van der Waals surface area contributed by atoms with Crippen molar-refractivity contribution in [3.05, 3.63) is 70.8 Å². The zero-order valence-corrected chi connectivity index (χ0v) is 11.8. The van der Waals surface area contributed by atoms with E-state index in [1.165, 1.54) is 0 Å². The molecule has 0 bridgehead atoms. The first-order chi connectivity index (χ1) is 8.02. The summed E-state index contributed by atoms with van der Waals surface area (Å²) in [5.74, 6) is 0.285. The van der Waals surface area contributed by atoms with Crippen molar-refractivity contribution in [1.29, 1.82) is 0 Å². The van der Waals surface area contributed by atoms with E-state index in [-0.39, 0.29) is 28.6 Å². The molecule has 96 valence electrons. The van der Waals surface area contributed by atoms with Crippen molar-refractivity contribution in [1.82, 2.24) is 0 Å². The third-order valence-electron chi connectivity index (χ3n) is 2.48. The molecule has 2 nitrogen and oxygen atoms in total. The van der Waals surface area contributed by atoms with Gasteiger partial charge in [0.15, 0.2) is 0 Å². The van der Waals surface area contributed by atoms with Crippen LogP contribution in [-0.2, 0) is 17.1 Å². The molecule has 0 N–H and O–H groups in total. The van der Waals surface area contributed by atoms with Crippen LogP contribution in [0.5, 0.6) is 0 Å². The van der Waals surface area contributed by atoms with Gasteiger partial charge in [0.25, 0.3) is 0 Å². The van der Waals surface area contributed by atoms with Crippen LogP contribution in [0.3, 0.4) is 0 Å². The van der Waals surface area contributed by atoms with E-state index in [2.05, 4.69) is 0 Å². The van der Waals surface area contributed by atoms with E-state index in [0.717, 1.165) is 16.7 Å². The average molecular weight is 284 g/mol. The summed E-state index contributed by atoms with van der Waals surface area (Å²) in [6, 6.07) is 0. The molecule has 0 spiro atoms. The predicted octanol–water partition coefficient (Wildman–Crippen LogP) is 1.88. The molecule has 18 heavy (non-hydrogen) atoms. The van der Waals surface area contributed by atoms with Gasteiger partial charge in [0, 0.05) is 0 Å². The molecule has 0 radical (unpaired) electrons. The molecular formula is C15H16FeO2. The summed E-state index contributed by atoms with van der Waals surface area (Å²) in [6.07, 6.45) is 13.0. The second-order valence-corrected chi connectivity index (χ2v) is 3.91. The van der Waals surface area contributed by atoms with E-state index >= 15 is 0 Å². The molecule has 2 aliphatic carbocycles. The number of allylic oxidation sites excluding steroid dienone is 12. The molecule has 0 fully saturated rings. The number of hydrogen-bond donors (Lipinski definition) is 0. The van der Waals surface area contributed by atoms with Gasteiger partial charge in [-0.1, -0.05) is 56.4 Å². The molecule has 0 heterocycles. The SMILES string of the molecule is CC([O-])=C1C=CC=C1.CC1=CC=CC1=C(C)[O-].[Fe+2]. The van der Waals surface area contributed by atoms with Crippen LogP contribution in [0, 0.1) is 0 Å². The quantitative estimate of drug-likeness (QED) is 0.503. The van der Waals surface area contributed by atoms with Crippen LogP contribution < -0.4 is 10.2 Å². The Balaban J connectivity index is 0.000000306. The monoisotopic (exact) mass is 284 g/mol. The minimum absolute atomic E-state index is 0. The largest absolute Gasteiger partial charge is 2.00 e. The summed E-state index contributed by atoms with van der Waals surface area (Å²) in [7, 11) is 0. The summed E-state index contributed by atoms with van der Waals surface area (Å²) < 4.78 is 0. The molecule has 0 saturated carbocycles. The van der Waals surface area contributed by atoms with E-state index in [1.807, 2.05) is 49.5 Å². The summed E-state index contributed by atoms with van der Waals surface area (Å²) in [5, 5.41) is 21.2. The zero-order chi connectivity index (χ0) is 12.8. The number of rotatable bonds is 0. The average Bonchev–Trinajstić information content (AvgIpc) is 2.87. The second kappa shape index (κ2) is 7.80. The third-order valence-corrected chi connectivity index (χ3v) is 2.48. The second-order valence-electron chi connectivity index (χ2n) is 3.91. The van der Waals surface area contributed by atoms with Gasteiger partial charge in [-0.2, -0.15) is 0 Å². The van der Waals surface area contributed by atoms with Crippen LogP contribution in [0.25, 0.3) is 0 Å². The molecule has 0 aromatic heterocycles. The summed E-state index contributed by atoms with van der Waals surface area (Å²) in [5.41, 5.74) is 2.71. The van der Waals surface area contributed by atoms with E-state index in [4.69, 9.17) is 0 Å². The Kier molecular flexibility index (Phi) is 7.18. The van der Waals surface area contributed by atoms with Gasteiger partial charge in [-0.05, 0) is 23.6 Å². The normalized spacial score (nSPS) is 17.9. The molecular weight excluding hydrogens is 268 g/mol. The maximum atomic E-state index is 10.7. The third kappa shape index (κ3) is 4.82. The minimum Gasteiger partial charge on any atom is -0.875 e. The molecule has 2 rings (SSSR count). The Hall–Kier alpha value is -1.44. The van der Waals surface area contributed by atoms with Crippen molar-refractivity contribution in [2.75, 3.05) is 0 Å². The maximum Gasteiger partial charge on any atom is 2.00 e. The van der Waals surface area contributed by atoms with Gasteiger partial charge in [0.05, 0.1) is 0 Å². The molecule has 0 aliphatic heterocycles. The molecule has 0 unspecified atom stereocenters. The fraction of sp³-hybridized carbons (Fsp3) is 0.200. The van der Waals surface area contributed by atoms with Crippen LogP contribution in [0.2, 0.25) is 0 Å². The summed E-state index contributed by atoms with van der Waals surface area (Å²) in [6.45, 7) is 5.09. The topological polar surface area (TPSA) is 46.1 Å². The molecule has 0 amide bonds. The fourth-order valence-corrected chi connectivity index (χ4v) is 1.51. The van der Waals surface area contributed by atoms with Crippen LogP contribution >= 0.6 is 0 Å². The van der Waals surface area contributed by atoms with Crippen LogP contribution in [0.4, 0.5) is 0 Å². The van der Waals surface area contributed by atoms with Crippen molar-refractivity contribution in [3.63, 3.8) is 0 Å². The van der Waals surface area contributed by atoms with Crippen LogP contribution in [-0.4, -0.2) is 0 Å². The van der Waals surface area contributed by atoms with E-state index in [9.17, 15) is 10.2 Å². The van der Waals surface area contributed by atoms with Gasteiger partial charge in [0.2, 0.25) is 0 Å². The van der Waals surface area contributed by atoms with Crippen molar-refractivity contribution in [2.24, 2.45) is 0 Å². The summed E-state index contributed by atoms with van der Waals surface area (Å²) in [4.78, 5) is 0. The molecule has 0 aromatic carbocycles. The zero-order valence-electron chi connectivity index (χ0n) is 10.7. The Morgan fingerprint density at radius 1 is 0.889 bits per heavy atom. The van der Waals surface area contributed by atoms with Crippen molar-refractivity contribution < 1.29 is 27.3 Å². The van der Waals surface area contributed by atoms with E-state index < -0.39 is 0 Å². The van der Waals surface area contributed by atoms with Crippen molar-refractivity contribution >= 4 is 0 Å². The van der Waals surface area contributed by atoms with Gasteiger partial charge in [-0.15, -0.1) is 11.5 Å². The maximum absolute atomic E-state index is 10.7. The van der Waals surface area contributed by atoms with Crippen molar-refractivity contribution in [2.45, 2.75) is 20.8 Å². The molecule has 0 saturated heterocycles. The van der Waals surface area contributed by atoms with Gasteiger partial charge in [-0.3, -0.25) is 0 Å². The minimum atomic E-state index is 0. The predicted molar refractivity (Wildman–Crippen MR) is 66.6 cm³/mol. The molecule has 0 atom stereocenters. The Bertz CT molecular complexity index is 453. The van der Waals surface area contributed by atoms with Crippen molar-refractivity contribution in [3.8, 4) is 0 Å². The standard InChI is InChI=1S/C8H10O.C7H8O.Fe/c1-6-4-3-5-8(6)7(2)9;1-6(8)7-4-2-3-5-7;/h3-5,9H,1-2H3;2-5,8H,1H3;/q;;+2/p-2. The summed E-state index contributed by atoms with van der Waals surface area (Å²) >= 11 is 0. The van der Waals surface area contributed by atoms with Gasteiger partial charge in [0.1, 0.15) is 0 Å². The number of hydrogen-bond acceptors (Lipinski definition) is 2. The van der Waals surface area contributed by atoms with Gasteiger partial charge in [-0.25, -0.2) is 0 Å². The van der Waals surface area contributed by atoms with Gasteiger partial charge < -0.3 is 10.2 Å². The van der Waals surface area contributed by atoms with Crippen LogP contribution in [0.15, 0.2) is 70.8 Å². The van der Waals surface area contributed by atoms with Crippen LogP contribution in [0.1, 0.15) is 20.8 Å². The first-order valence-electron chi connectivity index (χ1n) is 5.48. The molecule has 2 aliphatic rings. The first kappa shape index (κ1) is 16.6. The molecule has 3 heteroatoms. The fourth-order valence-electron chi connectivity index (χ4n) is 1.51. The first-order valence-corrected chi connectivity index (χ1v) is 5.48. The van der Waals surface area contributed by atoms with E-state index in [1.54, 1.807) is 13.8 Å². The molecule has 0 aromatic rings. The Morgan fingerprint density at radius 2 is 1.44 bits per heavy atom. The van der Waals surface area contributed by atoms with E-state index in [0.29, 0.717) is 0 Å². The smallest absolute Gasteiger partial charge is 0.875 e. The Morgan fingerprint density at radius 3 is 1.67 bits per heavy atom. The Labute approximate surface area is 119 Å².